The van der Waals surface area contributed by atoms with Gasteiger partial charge < -0.3 is 10.5 Å². The molecule has 0 aliphatic rings. The van der Waals surface area contributed by atoms with Gasteiger partial charge in [-0.25, -0.2) is 4.98 Å². The smallest absolute Gasteiger partial charge is 0.265 e. The van der Waals surface area contributed by atoms with E-state index in [1.165, 1.54) is 0 Å². The minimum absolute atomic E-state index is 0.390. The van der Waals surface area contributed by atoms with E-state index in [0.717, 1.165) is 0 Å². The normalized spacial score (nSPS) is 10.6. The molecule has 0 amide bonds. The van der Waals surface area contributed by atoms with Crippen molar-refractivity contribution in [2.75, 3.05) is 5.73 Å². The van der Waals surface area contributed by atoms with E-state index < -0.39 is 0 Å². The molecule has 0 unspecified atom stereocenters. The van der Waals surface area contributed by atoms with Gasteiger partial charge >= 0.3 is 0 Å². The third-order valence-electron chi connectivity index (χ3n) is 2.32. The zero-order valence-electron chi connectivity index (χ0n) is 8.95. The Morgan fingerprint density at radius 3 is 2.82 bits per heavy atom. The Morgan fingerprint density at radius 1 is 1.18 bits per heavy atom. The molecular weight excluding hydrogens is 216 g/mol. The summed E-state index contributed by atoms with van der Waals surface area (Å²) in [6.45, 7) is 0. The lowest BCUT2D eigenvalue weighted by atomic mass is 10.3. The van der Waals surface area contributed by atoms with Crippen molar-refractivity contribution in [3.63, 3.8) is 0 Å². The number of rotatable bonds is 2. The zero-order valence-corrected chi connectivity index (χ0v) is 8.95. The number of nitrogens with zero attached hydrogens (tertiary/aromatic N) is 3. The number of hydrogen-bond acceptors (Lipinski definition) is 4. The summed E-state index contributed by atoms with van der Waals surface area (Å²) in [7, 11) is 0. The van der Waals surface area contributed by atoms with Crippen LogP contribution in [0.2, 0.25) is 0 Å². The zero-order chi connectivity index (χ0) is 11.7. The van der Waals surface area contributed by atoms with E-state index >= 15 is 0 Å². The average molecular weight is 226 g/mol. The van der Waals surface area contributed by atoms with Crippen LogP contribution in [0.25, 0.3) is 5.65 Å². The summed E-state index contributed by atoms with van der Waals surface area (Å²) in [5.74, 6) is 1.50. The molecule has 2 heterocycles. The molecule has 17 heavy (non-hydrogen) atoms. The highest BCUT2D eigenvalue weighted by Crippen LogP contribution is 2.23. The largest absolute Gasteiger partial charge is 0.436 e. The molecular formula is C12H10N4O. The van der Waals surface area contributed by atoms with Crippen LogP contribution < -0.4 is 10.5 Å². The summed E-state index contributed by atoms with van der Waals surface area (Å²) >= 11 is 0. The fourth-order valence-electron chi connectivity index (χ4n) is 1.59. The quantitative estimate of drug-likeness (QED) is 0.726. The van der Waals surface area contributed by atoms with Gasteiger partial charge in [-0.1, -0.05) is 18.2 Å². The van der Waals surface area contributed by atoms with E-state index in [4.69, 9.17) is 10.5 Å². The van der Waals surface area contributed by atoms with E-state index in [1.807, 2.05) is 30.3 Å². The average Bonchev–Trinajstić information content (AvgIpc) is 2.78. The Kier molecular flexibility index (Phi) is 2.15. The van der Waals surface area contributed by atoms with E-state index in [0.29, 0.717) is 23.1 Å². The predicted octanol–water partition coefficient (Wildman–Crippen LogP) is 2.10. The van der Waals surface area contributed by atoms with Crippen molar-refractivity contribution in [1.29, 1.82) is 0 Å². The highest BCUT2D eigenvalue weighted by Gasteiger charge is 2.08. The van der Waals surface area contributed by atoms with Crippen LogP contribution in [0.5, 0.6) is 11.6 Å². The maximum Gasteiger partial charge on any atom is 0.265 e. The van der Waals surface area contributed by atoms with Gasteiger partial charge in [-0.3, -0.25) is 4.40 Å². The van der Waals surface area contributed by atoms with Crippen LogP contribution in [0.15, 0.2) is 48.9 Å². The molecule has 0 spiro atoms. The lowest BCUT2D eigenvalue weighted by molar-refractivity contribution is 0.466. The number of para-hydroxylation sites is 1. The molecule has 0 radical (unpaired) electrons. The van der Waals surface area contributed by atoms with Crippen molar-refractivity contribution >= 4 is 11.5 Å². The van der Waals surface area contributed by atoms with Crippen molar-refractivity contribution in [3.05, 3.63) is 48.9 Å². The summed E-state index contributed by atoms with van der Waals surface area (Å²) in [6.07, 6.45) is 5.17. The number of fused-ring (bicyclic) bond motifs is 1. The third kappa shape index (κ3) is 1.78. The molecule has 0 fully saturated rings. The van der Waals surface area contributed by atoms with Gasteiger partial charge in [0.1, 0.15) is 11.6 Å². The first-order valence-electron chi connectivity index (χ1n) is 5.15. The summed E-state index contributed by atoms with van der Waals surface area (Å²) in [6, 6.07) is 9.41. The first-order valence-corrected chi connectivity index (χ1v) is 5.15. The predicted molar refractivity (Wildman–Crippen MR) is 63.9 cm³/mol. The Morgan fingerprint density at radius 2 is 2.00 bits per heavy atom. The minimum Gasteiger partial charge on any atom is -0.436 e. The molecule has 2 aromatic heterocycles. The Labute approximate surface area is 97.5 Å². The van der Waals surface area contributed by atoms with Crippen LogP contribution in [0.4, 0.5) is 5.82 Å². The second-order valence-electron chi connectivity index (χ2n) is 3.54. The van der Waals surface area contributed by atoms with Gasteiger partial charge in [0, 0.05) is 12.4 Å². The molecule has 0 saturated heterocycles. The van der Waals surface area contributed by atoms with Crippen LogP contribution in [0.1, 0.15) is 0 Å². The molecule has 5 heteroatoms. The summed E-state index contributed by atoms with van der Waals surface area (Å²) in [5, 5.41) is 0. The van der Waals surface area contributed by atoms with Crippen LogP contribution in [-0.2, 0) is 0 Å². The SMILES string of the molecule is Nc1cn2ccnc2c(Oc2ccccc2)n1. The Balaban J connectivity index is 2.08. The second-order valence-corrected chi connectivity index (χ2v) is 3.54. The number of nitrogens with two attached hydrogens (primary N) is 1. The van der Waals surface area contributed by atoms with Gasteiger partial charge in [0.25, 0.3) is 5.88 Å². The van der Waals surface area contributed by atoms with Gasteiger partial charge in [0.05, 0.1) is 6.20 Å². The third-order valence-corrected chi connectivity index (χ3v) is 2.32. The highest BCUT2D eigenvalue weighted by atomic mass is 16.5. The van der Waals surface area contributed by atoms with Crippen molar-refractivity contribution in [1.82, 2.24) is 14.4 Å². The van der Waals surface area contributed by atoms with Gasteiger partial charge in [0.2, 0.25) is 5.65 Å². The number of benzene rings is 1. The molecule has 2 N–H and O–H groups in total. The Hall–Kier alpha value is -2.56. The molecule has 3 rings (SSSR count). The molecule has 0 aliphatic heterocycles. The van der Waals surface area contributed by atoms with Gasteiger partial charge in [0.15, 0.2) is 0 Å². The van der Waals surface area contributed by atoms with Gasteiger partial charge in [-0.05, 0) is 12.1 Å². The Bertz CT molecular complexity index is 648. The number of anilines is 1. The van der Waals surface area contributed by atoms with E-state index in [2.05, 4.69) is 9.97 Å². The van der Waals surface area contributed by atoms with Crippen LogP contribution in [-0.4, -0.2) is 14.4 Å². The molecule has 0 bridgehead atoms. The topological polar surface area (TPSA) is 65.4 Å². The van der Waals surface area contributed by atoms with Crippen LogP contribution in [0.3, 0.4) is 0 Å². The minimum atomic E-state index is 0.390. The standard InChI is InChI=1S/C12H10N4O/c13-10-8-16-7-6-14-11(16)12(15-10)17-9-4-2-1-3-5-9/h1-8H,13H2. The number of aromatic nitrogens is 3. The van der Waals surface area contributed by atoms with E-state index in [9.17, 15) is 0 Å². The van der Waals surface area contributed by atoms with E-state index in [1.54, 1.807) is 23.0 Å². The lowest BCUT2D eigenvalue weighted by Crippen LogP contribution is -1.98. The number of ether oxygens (including phenoxy) is 1. The summed E-state index contributed by atoms with van der Waals surface area (Å²) in [4.78, 5) is 8.32. The molecule has 0 saturated carbocycles. The molecule has 3 aromatic rings. The first-order chi connectivity index (χ1) is 8.33. The number of hydrogen-bond donors (Lipinski definition) is 1. The lowest BCUT2D eigenvalue weighted by Gasteiger charge is -2.06. The maximum atomic E-state index is 5.70. The summed E-state index contributed by atoms with van der Waals surface area (Å²) in [5.41, 5.74) is 6.34. The molecule has 0 atom stereocenters. The van der Waals surface area contributed by atoms with Crippen molar-refractivity contribution in [3.8, 4) is 11.6 Å². The molecule has 5 nitrogen and oxygen atoms in total. The first kappa shape index (κ1) is 9.65. The number of nitrogen functional groups attached to an aromatic ring is 1. The van der Waals surface area contributed by atoms with Crippen molar-refractivity contribution in [2.45, 2.75) is 0 Å². The van der Waals surface area contributed by atoms with Crippen LogP contribution in [0, 0.1) is 0 Å². The van der Waals surface area contributed by atoms with Crippen molar-refractivity contribution in [2.24, 2.45) is 0 Å². The number of imidazole rings is 1. The second kappa shape index (κ2) is 3.79. The van der Waals surface area contributed by atoms with Gasteiger partial charge in [-0.15, -0.1) is 0 Å². The summed E-state index contributed by atoms with van der Waals surface area (Å²) < 4.78 is 7.43. The fourth-order valence-corrected chi connectivity index (χ4v) is 1.59. The fraction of sp³-hybridized carbons (Fsp3) is 0. The maximum absolute atomic E-state index is 5.70. The molecule has 0 aliphatic carbocycles. The van der Waals surface area contributed by atoms with Crippen molar-refractivity contribution < 1.29 is 4.74 Å². The van der Waals surface area contributed by atoms with Gasteiger partial charge in [-0.2, -0.15) is 4.98 Å². The van der Waals surface area contributed by atoms with E-state index in [-0.39, 0.29) is 0 Å². The molecule has 1 aromatic carbocycles. The monoisotopic (exact) mass is 226 g/mol. The highest BCUT2D eigenvalue weighted by molar-refractivity contribution is 5.53. The van der Waals surface area contributed by atoms with Crippen LogP contribution >= 0.6 is 0 Å². The molecule has 84 valence electrons.